The van der Waals surface area contributed by atoms with Crippen molar-refractivity contribution in [1.82, 2.24) is 9.13 Å². The molecule has 1 aliphatic heterocycles. The number of hydrogen-bond donors (Lipinski definition) is 1. The third-order valence-electron chi connectivity index (χ3n) is 6.81. The molecule has 1 atom stereocenters. The van der Waals surface area contributed by atoms with Crippen molar-refractivity contribution in [2.75, 3.05) is 5.32 Å². The van der Waals surface area contributed by atoms with Gasteiger partial charge in [-0.25, -0.2) is 4.79 Å². The van der Waals surface area contributed by atoms with Crippen LogP contribution in [0.25, 0.3) is 10.8 Å². The molecule has 166 valence electrons. The van der Waals surface area contributed by atoms with E-state index in [1.165, 1.54) is 11.6 Å². The van der Waals surface area contributed by atoms with Gasteiger partial charge in [-0.05, 0) is 16.3 Å². The fourth-order valence-corrected chi connectivity index (χ4v) is 5.15. The summed E-state index contributed by atoms with van der Waals surface area (Å²) in [5.41, 5.74) is 0.905. The maximum atomic E-state index is 13.8. The molecule has 3 aromatic carbocycles. The molecular weight excluding hydrogens is 430 g/mol. The number of nitrogens with zero attached hydrogens (tertiary/aromatic N) is 2. The highest BCUT2D eigenvalue weighted by Gasteiger charge is 2.43. The topological polar surface area (TPSA) is 90.2 Å². The number of fused-ring (bicyclic) bond motifs is 3. The van der Waals surface area contributed by atoms with Crippen LogP contribution in [0.2, 0.25) is 0 Å². The zero-order chi connectivity index (χ0) is 23.7. The molecule has 0 spiro atoms. The minimum atomic E-state index is -0.826. The van der Waals surface area contributed by atoms with E-state index in [0.717, 1.165) is 20.9 Å². The Balaban J connectivity index is 1.77. The second-order valence-electron chi connectivity index (χ2n) is 8.59. The first-order chi connectivity index (χ1) is 16.4. The van der Waals surface area contributed by atoms with Crippen LogP contribution in [0.1, 0.15) is 37.8 Å². The van der Waals surface area contributed by atoms with Gasteiger partial charge in [0.15, 0.2) is 5.78 Å². The summed E-state index contributed by atoms with van der Waals surface area (Å²) in [6, 6.07) is 20.1. The lowest BCUT2D eigenvalue weighted by atomic mass is 9.73. The lowest BCUT2D eigenvalue weighted by Gasteiger charge is -2.34. The molecule has 0 fully saturated rings. The number of aromatic nitrogens is 2. The van der Waals surface area contributed by atoms with Crippen molar-refractivity contribution in [2.24, 2.45) is 14.1 Å². The Hall–Kier alpha value is -4.52. The van der Waals surface area contributed by atoms with Crippen molar-refractivity contribution in [2.45, 2.75) is 5.92 Å². The van der Waals surface area contributed by atoms with Gasteiger partial charge in [0.25, 0.3) is 5.56 Å². The van der Waals surface area contributed by atoms with E-state index in [0.29, 0.717) is 11.1 Å². The number of nitrogens with one attached hydrogen (secondary N) is 1. The second-order valence-corrected chi connectivity index (χ2v) is 8.59. The lowest BCUT2D eigenvalue weighted by molar-refractivity contribution is 0.0970. The van der Waals surface area contributed by atoms with E-state index >= 15 is 0 Å². The Kier molecular flexibility index (Phi) is 4.13. The average Bonchev–Trinajstić information content (AvgIpc) is 2.87. The first kappa shape index (κ1) is 20.1. The van der Waals surface area contributed by atoms with Gasteiger partial charge in [0.1, 0.15) is 5.82 Å². The summed E-state index contributed by atoms with van der Waals surface area (Å²) < 4.78 is 2.35. The molecule has 0 radical (unpaired) electrons. The van der Waals surface area contributed by atoms with Gasteiger partial charge in [-0.2, -0.15) is 0 Å². The third-order valence-corrected chi connectivity index (χ3v) is 6.81. The SMILES string of the molecule is Cn1c2c(c(=O)n(C)c1=O)C(c1cccc3ccccc13)C1=C(N2)C(=O)c2ccccc2C1=O. The molecule has 0 saturated carbocycles. The molecule has 1 aliphatic carbocycles. The number of carbonyl (C=O) groups excluding carboxylic acids is 2. The molecule has 6 rings (SSSR count). The average molecular weight is 449 g/mol. The third kappa shape index (κ3) is 2.52. The summed E-state index contributed by atoms with van der Waals surface area (Å²) in [5, 5.41) is 4.81. The molecule has 4 aromatic rings. The molecule has 7 heteroatoms. The largest absolute Gasteiger partial charge is 0.338 e. The van der Waals surface area contributed by atoms with E-state index in [2.05, 4.69) is 5.32 Å². The molecule has 2 heterocycles. The van der Waals surface area contributed by atoms with Crippen molar-refractivity contribution in [3.8, 4) is 0 Å². The number of benzene rings is 3. The number of anilines is 1. The van der Waals surface area contributed by atoms with Gasteiger partial charge < -0.3 is 5.32 Å². The number of hydrogen-bond acceptors (Lipinski definition) is 5. The van der Waals surface area contributed by atoms with Gasteiger partial charge in [0.2, 0.25) is 5.78 Å². The molecule has 1 aromatic heterocycles. The zero-order valence-electron chi connectivity index (χ0n) is 18.5. The van der Waals surface area contributed by atoms with Crippen LogP contribution in [0.15, 0.2) is 87.6 Å². The summed E-state index contributed by atoms with van der Waals surface area (Å²) >= 11 is 0. The standard InChI is InChI=1S/C27H19N3O4/c1-29-25-21(26(33)30(2)27(29)34)19(16-13-7-9-14-8-3-4-10-15(14)16)20-22(28-25)24(32)18-12-6-5-11-17(18)23(20)31/h3-13,19,28H,1-2H3. The van der Waals surface area contributed by atoms with Crippen LogP contribution in [0, 0.1) is 0 Å². The Morgan fingerprint density at radius 1 is 0.735 bits per heavy atom. The Morgan fingerprint density at radius 3 is 2.15 bits per heavy atom. The van der Waals surface area contributed by atoms with E-state index in [9.17, 15) is 19.2 Å². The molecule has 1 N–H and O–H groups in total. The van der Waals surface area contributed by atoms with Crippen LogP contribution < -0.4 is 16.6 Å². The van der Waals surface area contributed by atoms with Crippen LogP contribution in [0.5, 0.6) is 0 Å². The van der Waals surface area contributed by atoms with Crippen molar-refractivity contribution in [1.29, 1.82) is 0 Å². The van der Waals surface area contributed by atoms with Crippen LogP contribution >= 0.6 is 0 Å². The van der Waals surface area contributed by atoms with Gasteiger partial charge >= 0.3 is 5.69 Å². The van der Waals surface area contributed by atoms with Crippen LogP contribution in [0.4, 0.5) is 5.82 Å². The van der Waals surface area contributed by atoms with Crippen molar-refractivity contribution >= 4 is 28.2 Å². The van der Waals surface area contributed by atoms with E-state index in [1.807, 2.05) is 42.5 Å². The van der Waals surface area contributed by atoms with Gasteiger partial charge in [-0.15, -0.1) is 0 Å². The van der Waals surface area contributed by atoms with E-state index < -0.39 is 17.2 Å². The number of carbonyl (C=O) groups is 2. The molecule has 7 nitrogen and oxygen atoms in total. The number of ketones is 2. The van der Waals surface area contributed by atoms with Crippen molar-refractivity contribution < 1.29 is 9.59 Å². The lowest BCUT2D eigenvalue weighted by Crippen LogP contribution is -2.45. The first-order valence-electron chi connectivity index (χ1n) is 10.9. The minimum Gasteiger partial charge on any atom is -0.338 e. The Morgan fingerprint density at radius 2 is 1.38 bits per heavy atom. The summed E-state index contributed by atoms with van der Waals surface area (Å²) in [6.45, 7) is 0. The van der Waals surface area contributed by atoms with Gasteiger partial charge in [-0.1, -0.05) is 66.7 Å². The van der Waals surface area contributed by atoms with Crippen LogP contribution in [-0.2, 0) is 14.1 Å². The van der Waals surface area contributed by atoms with E-state index in [4.69, 9.17) is 0 Å². The van der Waals surface area contributed by atoms with Crippen molar-refractivity contribution in [3.05, 3.63) is 121 Å². The maximum absolute atomic E-state index is 13.8. The molecule has 1 unspecified atom stereocenters. The molecular formula is C27H19N3O4. The quantitative estimate of drug-likeness (QED) is 0.482. The maximum Gasteiger partial charge on any atom is 0.332 e. The highest BCUT2D eigenvalue weighted by atomic mass is 16.2. The fraction of sp³-hybridized carbons (Fsp3) is 0.111. The van der Waals surface area contributed by atoms with Crippen LogP contribution in [0.3, 0.4) is 0 Å². The van der Waals surface area contributed by atoms with E-state index in [-0.39, 0.29) is 34.2 Å². The van der Waals surface area contributed by atoms with Crippen molar-refractivity contribution in [3.63, 3.8) is 0 Å². The van der Waals surface area contributed by atoms with Gasteiger partial charge in [0, 0.05) is 36.7 Å². The highest BCUT2D eigenvalue weighted by Crippen LogP contribution is 2.45. The summed E-state index contributed by atoms with van der Waals surface area (Å²) in [4.78, 5) is 53.6. The smallest absolute Gasteiger partial charge is 0.332 e. The number of Topliss-reactive ketones (excluding diaryl/α,β-unsaturated/α-hetero) is 2. The molecule has 0 bridgehead atoms. The number of rotatable bonds is 1. The fourth-order valence-electron chi connectivity index (χ4n) is 5.15. The summed E-state index contributed by atoms with van der Waals surface area (Å²) in [6.07, 6.45) is 0. The monoisotopic (exact) mass is 449 g/mol. The minimum absolute atomic E-state index is 0.109. The Labute approximate surface area is 193 Å². The second kappa shape index (κ2) is 6.99. The summed E-state index contributed by atoms with van der Waals surface area (Å²) in [7, 11) is 2.96. The molecule has 0 amide bonds. The summed E-state index contributed by atoms with van der Waals surface area (Å²) in [5.74, 6) is -1.25. The van der Waals surface area contributed by atoms with Gasteiger partial charge in [0.05, 0.1) is 11.3 Å². The van der Waals surface area contributed by atoms with E-state index in [1.54, 1.807) is 31.3 Å². The Bertz CT molecular complexity index is 1730. The zero-order valence-corrected chi connectivity index (χ0v) is 18.5. The highest BCUT2D eigenvalue weighted by molar-refractivity contribution is 6.29. The van der Waals surface area contributed by atoms with Gasteiger partial charge in [-0.3, -0.25) is 23.5 Å². The predicted molar refractivity (Wildman–Crippen MR) is 128 cm³/mol. The van der Waals surface area contributed by atoms with Crippen LogP contribution in [-0.4, -0.2) is 20.7 Å². The first-order valence-corrected chi connectivity index (χ1v) is 10.9. The number of allylic oxidation sites excluding steroid dienone is 2. The normalized spacial score (nSPS) is 16.7. The molecule has 34 heavy (non-hydrogen) atoms. The molecule has 2 aliphatic rings. The predicted octanol–water partition coefficient (Wildman–Crippen LogP) is 3.13. The molecule has 0 saturated heterocycles.